The number of benzene rings is 1. The van der Waals surface area contributed by atoms with Crippen LogP contribution in [0, 0.1) is 11.8 Å². The first kappa shape index (κ1) is 11.2. The zero-order valence-electron chi connectivity index (χ0n) is 11.9. The lowest BCUT2D eigenvalue weighted by Gasteiger charge is -2.53. The normalized spacial score (nSPS) is 39.1. The molecule has 1 aromatic carbocycles. The molecular formula is C18H20O2. The van der Waals surface area contributed by atoms with Crippen LogP contribution in [0.4, 0.5) is 0 Å². The quantitative estimate of drug-likeness (QED) is 0.724. The van der Waals surface area contributed by atoms with Gasteiger partial charge in [-0.3, -0.25) is 0 Å². The van der Waals surface area contributed by atoms with Gasteiger partial charge in [0.1, 0.15) is 6.10 Å². The van der Waals surface area contributed by atoms with Gasteiger partial charge in [-0.2, -0.15) is 0 Å². The molecule has 2 nitrogen and oxygen atoms in total. The minimum Gasteiger partial charge on any atom is -0.493 e. The van der Waals surface area contributed by atoms with Gasteiger partial charge in [-0.15, -0.1) is 0 Å². The molecule has 3 aliphatic carbocycles. The molecule has 1 aromatic rings. The van der Waals surface area contributed by atoms with Crippen molar-refractivity contribution >= 4 is 0 Å². The minimum atomic E-state index is 0.245. The molecule has 0 saturated heterocycles. The van der Waals surface area contributed by atoms with E-state index in [1.54, 1.807) is 7.11 Å². The van der Waals surface area contributed by atoms with Crippen LogP contribution in [0.25, 0.3) is 0 Å². The Bertz CT molecular complexity index is 618. The van der Waals surface area contributed by atoms with E-state index in [4.69, 9.17) is 9.47 Å². The Kier molecular flexibility index (Phi) is 2.03. The maximum atomic E-state index is 6.39. The smallest absolute Gasteiger partial charge is 0.166 e. The topological polar surface area (TPSA) is 18.5 Å². The van der Waals surface area contributed by atoms with Crippen LogP contribution in [0.1, 0.15) is 36.8 Å². The SMILES string of the molecule is COc1ccc2c3c1O[C@H]1C=CC[C@H]4[C@H](CCC[C@]314)C2. The van der Waals surface area contributed by atoms with Crippen LogP contribution < -0.4 is 9.47 Å². The highest BCUT2D eigenvalue weighted by molar-refractivity contribution is 5.61. The van der Waals surface area contributed by atoms with Crippen LogP contribution in [0.2, 0.25) is 0 Å². The molecule has 4 aliphatic rings. The van der Waals surface area contributed by atoms with Gasteiger partial charge in [-0.05, 0) is 55.2 Å². The molecule has 5 rings (SSSR count). The van der Waals surface area contributed by atoms with Crippen molar-refractivity contribution < 1.29 is 9.47 Å². The van der Waals surface area contributed by atoms with Crippen molar-refractivity contribution in [1.29, 1.82) is 0 Å². The summed E-state index contributed by atoms with van der Waals surface area (Å²) >= 11 is 0. The molecule has 1 aliphatic heterocycles. The first-order valence-corrected chi connectivity index (χ1v) is 7.88. The molecule has 1 fully saturated rings. The summed E-state index contributed by atoms with van der Waals surface area (Å²) in [5, 5.41) is 0. The van der Waals surface area contributed by atoms with Crippen molar-refractivity contribution in [2.24, 2.45) is 11.8 Å². The van der Waals surface area contributed by atoms with Crippen LogP contribution in [-0.4, -0.2) is 13.2 Å². The van der Waals surface area contributed by atoms with Gasteiger partial charge in [0.25, 0.3) is 0 Å². The fourth-order valence-corrected chi connectivity index (χ4v) is 5.55. The fraction of sp³-hybridized carbons (Fsp3) is 0.556. The molecule has 1 saturated carbocycles. The van der Waals surface area contributed by atoms with Gasteiger partial charge >= 0.3 is 0 Å². The third kappa shape index (κ3) is 1.09. The summed E-state index contributed by atoms with van der Waals surface area (Å²) in [6, 6.07) is 4.39. The van der Waals surface area contributed by atoms with Crippen LogP contribution in [0.3, 0.4) is 0 Å². The van der Waals surface area contributed by atoms with Gasteiger partial charge in [-0.25, -0.2) is 0 Å². The predicted molar refractivity (Wildman–Crippen MR) is 77.4 cm³/mol. The largest absolute Gasteiger partial charge is 0.493 e. The highest BCUT2D eigenvalue weighted by Gasteiger charge is 2.60. The second-order valence-electron chi connectivity index (χ2n) is 6.84. The lowest BCUT2D eigenvalue weighted by molar-refractivity contribution is 0.0373. The number of hydrogen-bond donors (Lipinski definition) is 0. The second kappa shape index (κ2) is 3.60. The number of ether oxygens (including phenoxy) is 2. The summed E-state index contributed by atoms with van der Waals surface area (Å²) < 4.78 is 12.0. The summed E-state index contributed by atoms with van der Waals surface area (Å²) in [5.74, 6) is 3.61. The van der Waals surface area contributed by atoms with E-state index in [2.05, 4.69) is 24.3 Å². The number of hydrogen-bond acceptors (Lipinski definition) is 2. The third-order valence-electron chi connectivity index (χ3n) is 6.22. The maximum absolute atomic E-state index is 6.39. The number of methoxy groups -OCH3 is 1. The molecular weight excluding hydrogens is 248 g/mol. The van der Waals surface area contributed by atoms with E-state index >= 15 is 0 Å². The Morgan fingerprint density at radius 2 is 2.30 bits per heavy atom. The monoisotopic (exact) mass is 268 g/mol. The summed E-state index contributed by atoms with van der Waals surface area (Å²) in [6.45, 7) is 0. The predicted octanol–water partition coefficient (Wildman–Crippen LogP) is 3.63. The molecule has 20 heavy (non-hydrogen) atoms. The molecule has 0 aromatic heterocycles. The molecule has 0 N–H and O–H groups in total. The minimum absolute atomic E-state index is 0.245. The van der Waals surface area contributed by atoms with E-state index in [-0.39, 0.29) is 11.5 Å². The van der Waals surface area contributed by atoms with E-state index in [0.717, 1.165) is 23.3 Å². The van der Waals surface area contributed by atoms with Gasteiger partial charge in [0.2, 0.25) is 0 Å². The summed E-state index contributed by atoms with van der Waals surface area (Å²) in [4.78, 5) is 0. The van der Waals surface area contributed by atoms with E-state index in [0.29, 0.717) is 0 Å². The molecule has 1 heterocycles. The van der Waals surface area contributed by atoms with E-state index in [1.165, 1.54) is 43.2 Å². The van der Waals surface area contributed by atoms with Crippen molar-refractivity contribution in [3.8, 4) is 11.5 Å². The second-order valence-corrected chi connectivity index (χ2v) is 6.84. The number of rotatable bonds is 1. The van der Waals surface area contributed by atoms with E-state index in [1.807, 2.05) is 0 Å². The molecule has 0 unspecified atom stereocenters. The summed E-state index contributed by atoms with van der Waals surface area (Å²) in [5.41, 5.74) is 3.29. The van der Waals surface area contributed by atoms with E-state index in [9.17, 15) is 0 Å². The lowest BCUT2D eigenvalue weighted by atomic mass is 9.50. The summed E-state index contributed by atoms with van der Waals surface area (Å²) in [6.07, 6.45) is 11.4. The first-order valence-electron chi connectivity index (χ1n) is 7.88. The Hall–Kier alpha value is -1.44. The van der Waals surface area contributed by atoms with Crippen molar-refractivity contribution in [3.63, 3.8) is 0 Å². The lowest BCUT2D eigenvalue weighted by Crippen LogP contribution is -2.53. The molecule has 2 heteroatoms. The molecule has 0 radical (unpaired) electrons. The highest BCUT2D eigenvalue weighted by atomic mass is 16.5. The molecule has 4 atom stereocenters. The van der Waals surface area contributed by atoms with Crippen LogP contribution in [0.5, 0.6) is 11.5 Å². The standard InChI is InChI=1S/C18H20O2/c1-19-14-8-7-12-10-11-4-3-9-18-13(11)5-2-6-15(18)20-17(14)16(12)18/h2,6-8,11,13,15H,3-5,9-10H2,1H3/t11-,13+,15+,18-/m1/s1. The Morgan fingerprint density at radius 1 is 1.35 bits per heavy atom. The molecule has 104 valence electrons. The van der Waals surface area contributed by atoms with Crippen molar-refractivity contribution in [2.45, 2.75) is 43.6 Å². The Balaban J connectivity index is 1.84. The maximum Gasteiger partial charge on any atom is 0.166 e. The van der Waals surface area contributed by atoms with Gasteiger partial charge in [0.15, 0.2) is 11.5 Å². The van der Waals surface area contributed by atoms with Gasteiger partial charge in [0, 0.05) is 11.0 Å². The van der Waals surface area contributed by atoms with Gasteiger partial charge in [-0.1, -0.05) is 18.6 Å². The first-order chi connectivity index (χ1) is 9.84. The summed E-state index contributed by atoms with van der Waals surface area (Å²) in [7, 11) is 1.75. The zero-order valence-corrected chi connectivity index (χ0v) is 11.9. The van der Waals surface area contributed by atoms with Crippen LogP contribution in [-0.2, 0) is 11.8 Å². The van der Waals surface area contributed by atoms with Crippen molar-refractivity contribution in [2.75, 3.05) is 7.11 Å². The zero-order chi connectivity index (χ0) is 13.3. The van der Waals surface area contributed by atoms with E-state index < -0.39 is 0 Å². The highest BCUT2D eigenvalue weighted by Crippen LogP contribution is 2.64. The number of allylic oxidation sites excluding steroid dienone is 1. The Labute approximate surface area is 119 Å². The average Bonchev–Trinajstić information content (AvgIpc) is 2.80. The van der Waals surface area contributed by atoms with Crippen LogP contribution >= 0.6 is 0 Å². The van der Waals surface area contributed by atoms with Gasteiger partial charge < -0.3 is 9.47 Å². The molecule has 0 amide bonds. The van der Waals surface area contributed by atoms with Crippen LogP contribution in [0.15, 0.2) is 24.3 Å². The fourth-order valence-electron chi connectivity index (χ4n) is 5.55. The third-order valence-corrected chi connectivity index (χ3v) is 6.22. The Morgan fingerprint density at radius 3 is 3.20 bits per heavy atom. The molecule has 2 bridgehead atoms. The van der Waals surface area contributed by atoms with Crippen molar-refractivity contribution in [3.05, 3.63) is 35.4 Å². The molecule has 1 spiro atoms. The average molecular weight is 268 g/mol. The van der Waals surface area contributed by atoms with Crippen molar-refractivity contribution in [1.82, 2.24) is 0 Å². The van der Waals surface area contributed by atoms with Gasteiger partial charge in [0.05, 0.1) is 7.11 Å².